The largest absolute Gasteiger partial charge is 0.437 e. The number of alkyl halides is 3. The van der Waals surface area contributed by atoms with Crippen molar-refractivity contribution in [1.29, 1.82) is 0 Å². The molecule has 4 aromatic rings. The van der Waals surface area contributed by atoms with Crippen molar-refractivity contribution >= 4 is 34.2 Å². The van der Waals surface area contributed by atoms with Crippen LogP contribution in [0.25, 0.3) is 10.9 Å². The SMILES string of the molecule is CC(=O)c1ccc(Cn2nc(C(F)(F)F)c(NC(=O)c3cc(C(N)=O)c4ccc(F)cc4n3)c2C)cc1. The maximum absolute atomic E-state index is 13.8. The molecule has 2 aromatic heterocycles. The minimum atomic E-state index is -4.91. The van der Waals surface area contributed by atoms with Gasteiger partial charge in [-0.05, 0) is 37.6 Å². The molecule has 0 fully saturated rings. The van der Waals surface area contributed by atoms with Crippen molar-refractivity contribution in [1.82, 2.24) is 14.8 Å². The Labute approximate surface area is 207 Å². The second-order valence-corrected chi connectivity index (χ2v) is 8.25. The molecular weight excluding hydrogens is 494 g/mol. The number of ketones is 1. The molecule has 0 bridgehead atoms. The summed E-state index contributed by atoms with van der Waals surface area (Å²) in [5, 5.41) is 6.02. The second kappa shape index (κ2) is 9.45. The van der Waals surface area contributed by atoms with Crippen LogP contribution in [0.2, 0.25) is 0 Å². The number of anilines is 1. The first-order chi connectivity index (χ1) is 17.3. The summed E-state index contributed by atoms with van der Waals surface area (Å²) in [4.78, 5) is 40.3. The van der Waals surface area contributed by atoms with E-state index in [1.807, 2.05) is 0 Å². The number of hydrogen-bond donors (Lipinski definition) is 2. The fourth-order valence-corrected chi connectivity index (χ4v) is 3.77. The first-order valence-electron chi connectivity index (χ1n) is 10.8. The lowest BCUT2D eigenvalue weighted by Gasteiger charge is -2.11. The molecule has 190 valence electrons. The highest BCUT2D eigenvalue weighted by Gasteiger charge is 2.39. The molecule has 2 heterocycles. The Balaban J connectivity index is 1.72. The molecule has 0 saturated heterocycles. The molecule has 8 nitrogen and oxygen atoms in total. The fraction of sp³-hybridized carbons (Fsp3) is 0.160. The van der Waals surface area contributed by atoms with E-state index in [2.05, 4.69) is 15.4 Å². The summed E-state index contributed by atoms with van der Waals surface area (Å²) in [5.41, 5.74) is 3.81. The molecule has 12 heteroatoms. The van der Waals surface area contributed by atoms with Crippen LogP contribution in [-0.2, 0) is 12.7 Å². The Morgan fingerprint density at radius 1 is 1.05 bits per heavy atom. The molecule has 2 aromatic carbocycles. The smallest absolute Gasteiger partial charge is 0.366 e. The van der Waals surface area contributed by atoms with Gasteiger partial charge in [0.05, 0.1) is 29.0 Å². The number of pyridine rings is 1. The van der Waals surface area contributed by atoms with Crippen LogP contribution in [0.3, 0.4) is 0 Å². The van der Waals surface area contributed by atoms with Crippen molar-refractivity contribution in [3.63, 3.8) is 0 Å². The molecule has 2 amide bonds. The Bertz CT molecular complexity index is 1560. The van der Waals surface area contributed by atoms with Crippen LogP contribution in [-0.4, -0.2) is 32.4 Å². The summed E-state index contributed by atoms with van der Waals surface area (Å²) >= 11 is 0. The number of hydrogen-bond acceptors (Lipinski definition) is 5. The number of aromatic nitrogens is 3. The lowest BCUT2D eigenvalue weighted by atomic mass is 10.1. The molecule has 0 aliphatic heterocycles. The van der Waals surface area contributed by atoms with Crippen LogP contribution in [0.4, 0.5) is 23.2 Å². The highest BCUT2D eigenvalue weighted by Crippen LogP contribution is 2.36. The van der Waals surface area contributed by atoms with E-state index in [0.29, 0.717) is 11.1 Å². The van der Waals surface area contributed by atoms with Crippen molar-refractivity contribution in [2.75, 3.05) is 5.32 Å². The van der Waals surface area contributed by atoms with Crippen molar-refractivity contribution in [3.8, 4) is 0 Å². The van der Waals surface area contributed by atoms with Gasteiger partial charge < -0.3 is 11.1 Å². The van der Waals surface area contributed by atoms with E-state index in [1.165, 1.54) is 19.9 Å². The van der Waals surface area contributed by atoms with E-state index in [0.717, 1.165) is 22.9 Å². The van der Waals surface area contributed by atoms with Crippen molar-refractivity contribution in [2.24, 2.45) is 5.73 Å². The minimum Gasteiger partial charge on any atom is -0.366 e. The fourth-order valence-electron chi connectivity index (χ4n) is 3.77. The van der Waals surface area contributed by atoms with Crippen LogP contribution in [0.15, 0.2) is 48.5 Å². The molecule has 0 saturated carbocycles. The number of amides is 2. The number of nitrogens with two attached hydrogens (primary N) is 1. The van der Waals surface area contributed by atoms with Crippen LogP contribution in [0.5, 0.6) is 0 Å². The number of rotatable bonds is 6. The summed E-state index contributed by atoms with van der Waals surface area (Å²) in [6, 6.07) is 10.6. The Kier molecular flexibility index (Phi) is 6.51. The first-order valence-corrected chi connectivity index (χ1v) is 10.8. The molecule has 0 atom stereocenters. The van der Waals surface area contributed by atoms with E-state index in [4.69, 9.17) is 5.73 Å². The number of Topliss-reactive ketones (excluding diaryl/α,β-unsaturated/α-hetero) is 1. The van der Waals surface area contributed by atoms with Crippen molar-refractivity contribution < 1.29 is 31.9 Å². The Hall–Kier alpha value is -4.61. The molecule has 0 unspecified atom stereocenters. The van der Waals surface area contributed by atoms with E-state index >= 15 is 0 Å². The predicted octanol–water partition coefficient (Wildman–Crippen LogP) is 4.50. The lowest BCUT2D eigenvalue weighted by molar-refractivity contribution is -0.140. The van der Waals surface area contributed by atoms with Gasteiger partial charge in [-0.25, -0.2) is 9.37 Å². The van der Waals surface area contributed by atoms with Gasteiger partial charge in [0.1, 0.15) is 11.5 Å². The summed E-state index contributed by atoms with van der Waals surface area (Å²) in [6.07, 6.45) is -4.91. The van der Waals surface area contributed by atoms with Gasteiger partial charge in [-0.3, -0.25) is 19.1 Å². The summed E-state index contributed by atoms with van der Waals surface area (Å²) in [5.74, 6) is -2.85. The zero-order chi connectivity index (χ0) is 27.1. The topological polar surface area (TPSA) is 120 Å². The first kappa shape index (κ1) is 25.5. The average Bonchev–Trinajstić information content (AvgIpc) is 3.13. The number of fused-ring (bicyclic) bond motifs is 1. The van der Waals surface area contributed by atoms with E-state index in [-0.39, 0.29) is 34.5 Å². The van der Waals surface area contributed by atoms with E-state index in [9.17, 15) is 31.9 Å². The number of halogens is 4. The van der Waals surface area contributed by atoms with Crippen molar-refractivity contribution in [2.45, 2.75) is 26.6 Å². The van der Waals surface area contributed by atoms with Gasteiger partial charge in [-0.1, -0.05) is 24.3 Å². The van der Waals surface area contributed by atoms with Gasteiger partial charge in [-0.15, -0.1) is 0 Å². The zero-order valence-electron chi connectivity index (χ0n) is 19.5. The van der Waals surface area contributed by atoms with Gasteiger partial charge >= 0.3 is 6.18 Å². The van der Waals surface area contributed by atoms with Crippen LogP contribution in [0.1, 0.15) is 55.1 Å². The van der Waals surface area contributed by atoms with Gasteiger partial charge in [0.15, 0.2) is 11.5 Å². The minimum absolute atomic E-state index is 0.00159. The number of nitrogens with one attached hydrogen (secondary N) is 1. The lowest BCUT2D eigenvalue weighted by Crippen LogP contribution is -2.19. The molecular formula is C25H19F4N5O3. The molecule has 37 heavy (non-hydrogen) atoms. The molecule has 4 rings (SSSR count). The molecule has 3 N–H and O–H groups in total. The number of primary amides is 1. The predicted molar refractivity (Wildman–Crippen MR) is 126 cm³/mol. The molecule has 0 aliphatic carbocycles. The second-order valence-electron chi connectivity index (χ2n) is 8.25. The normalized spacial score (nSPS) is 11.5. The highest BCUT2D eigenvalue weighted by atomic mass is 19.4. The number of nitrogens with zero attached hydrogens (tertiary/aromatic N) is 3. The average molecular weight is 513 g/mol. The summed E-state index contributed by atoms with van der Waals surface area (Å²) in [6.45, 7) is 2.67. The maximum atomic E-state index is 13.8. The van der Waals surface area contributed by atoms with E-state index < -0.39 is 40.9 Å². The summed E-state index contributed by atoms with van der Waals surface area (Å²) in [7, 11) is 0. The number of carbonyl (C=O) groups excluding carboxylic acids is 3. The molecule has 0 aliphatic rings. The van der Waals surface area contributed by atoms with Crippen LogP contribution < -0.4 is 11.1 Å². The standard InChI is InChI=1S/C25H19F4N5O3/c1-12-21(22(25(27,28)29)33-34(12)11-14-3-5-15(6-4-14)13(2)35)32-24(37)20-10-18(23(30)36)17-8-7-16(26)9-19(17)31-20/h3-10H,11H2,1-2H3,(H2,30,36)(H,32,37). The van der Waals surface area contributed by atoms with Crippen molar-refractivity contribution in [3.05, 3.63) is 88.1 Å². The third-order valence-corrected chi connectivity index (χ3v) is 5.68. The third-order valence-electron chi connectivity index (χ3n) is 5.68. The van der Waals surface area contributed by atoms with Crippen LogP contribution >= 0.6 is 0 Å². The monoisotopic (exact) mass is 513 g/mol. The zero-order valence-corrected chi connectivity index (χ0v) is 19.5. The molecule has 0 radical (unpaired) electrons. The number of benzene rings is 2. The van der Waals surface area contributed by atoms with Crippen LogP contribution in [0, 0.1) is 12.7 Å². The quantitative estimate of drug-likeness (QED) is 0.291. The van der Waals surface area contributed by atoms with E-state index in [1.54, 1.807) is 24.3 Å². The van der Waals surface area contributed by atoms with Gasteiger partial charge in [-0.2, -0.15) is 18.3 Å². The highest BCUT2D eigenvalue weighted by molar-refractivity contribution is 6.10. The van der Waals surface area contributed by atoms with Gasteiger partial charge in [0.2, 0.25) is 5.91 Å². The maximum Gasteiger partial charge on any atom is 0.437 e. The number of carbonyl (C=O) groups is 3. The summed E-state index contributed by atoms with van der Waals surface area (Å²) < 4.78 is 56.2. The van der Waals surface area contributed by atoms with Gasteiger partial charge in [0, 0.05) is 17.0 Å². The van der Waals surface area contributed by atoms with Gasteiger partial charge in [0.25, 0.3) is 5.91 Å². The third kappa shape index (κ3) is 5.17. The Morgan fingerprint density at radius 2 is 1.73 bits per heavy atom. The molecule has 0 spiro atoms. The Morgan fingerprint density at radius 3 is 2.32 bits per heavy atom.